The van der Waals surface area contributed by atoms with Gasteiger partial charge in [-0.2, -0.15) is 0 Å². The van der Waals surface area contributed by atoms with Crippen molar-refractivity contribution in [1.29, 1.82) is 0 Å². The normalized spacial score (nSPS) is 13.2. The first-order chi connectivity index (χ1) is 24.5. The minimum atomic E-state index is -0.148. The van der Waals surface area contributed by atoms with Gasteiger partial charge in [-0.05, 0) is 108 Å². The Bertz CT molecular complexity index is 2800. The van der Waals surface area contributed by atoms with Crippen LogP contribution in [0.2, 0.25) is 0 Å². The molecule has 9 aromatic rings. The van der Waals surface area contributed by atoms with E-state index in [9.17, 15) is 0 Å². The molecule has 0 spiro atoms. The summed E-state index contributed by atoms with van der Waals surface area (Å²) in [5, 5.41) is 9.97. The largest absolute Gasteiger partial charge is 0.309 e. The molecule has 0 unspecified atom stereocenters. The van der Waals surface area contributed by atoms with E-state index in [0.29, 0.717) is 0 Å². The molecule has 10 rings (SSSR count). The number of nitrogens with zero attached hydrogens (tertiary/aromatic N) is 1. The fourth-order valence-corrected chi connectivity index (χ4v) is 8.46. The molecule has 0 bridgehead atoms. The lowest BCUT2D eigenvalue weighted by Crippen LogP contribution is -2.16. The van der Waals surface area contributed by atoms with E-state index in [0.717, 1.165) is 11.4 Å². The van der Waals surface area contributed by atoms with Crippen LogP contribution in [0.5, 0.6) is 0 Å². The first-order valence-electron chi connectivity index (χ1n) is 17.5. The van der Waals surface area contributed by atoms with Gasteiger partial charge in [-0.25, -0.2) is 0 Å². The zero-order valence-corrected chi connectivity index (χ0v) is 28.2. The fraction of sp³-hybridized carbons (Fsp3) is 0.0612. The molecule has 1 nitrogen and oxygen atoms in total. The van der Waals surface area contributed by atoms with E-state index in [4.69, 9.17) is 0 Å². The number of hydrogen-bond donors (Lipinski definition) is 0. The van der Waals surface area contributed by atoms with E-state index in [-0.39, 0.29) is 5.41 Å². The maximum atomic E-state index is 2.53. The van der Waals surface area contributed by atoms with Crippen LogP contribution in [-0.4, -0.2) is 0 Å². The van der Waals surface area contributed by atoms with E-state index < -0.39 is 0 Å². The van der Waals surface area contributed by atoms with Crippen molar-refractivity contribution in [3.63, 3.8) is 0 Å². The summed E-state index contributed by atoms with van der Waals surface area (Å²) >= 11 is 0. The van der Waals surface area contributed by atoms with Crippen molar-refractivity contribution >= 4 is 60.2 Å². The van der Waals surface area contributed by atoms with Gasteiger partial charge < -0.3 is 4.90 Å². The Morgan fingerprint density at radius 2 is 0.940 bits per heavy atom. The molecule has 236 valence electrons. The number of hydrogen-bond acceptors (Lipinski definition) is 1. The highest BCUT2D eigenvalue weighted by atomic mass is 15.1. The molecule has 0 amide bonds. The van der Waals surface area contributed by atoms with Crippen molar-refractivity contribution in [3.8, 4) is 22.3 Å². The lowest BCUT2D eigenvalue weighted by Gasteiger charge is -2.31. The molecule has 0 aliphatic heterocycles. The molecule has 9 aromatic carbocycles. The minimum absolute atomic E-state index is 0.148. The van der Waals surface area contributed by atoms with Gasteiger partial charge in [-0.3, -0.25) is 0 Å². The smallest absolute Gasteiger partial charge is 0.0546 e. The highest BCUT2D eigenvalue weighted by Crippen LogP contribution is 2.56. The van der Waals surface area contributed by atoms with Gasteiger partial charge in [0, 0.05) is 22.2 Å². The van der Waals surface area contributed by atoms with Crippen molar-refractivity contribution in [3.05, 3.63) is 187 Å². The Hall–Kier alpha value is -6.18. The molecule has 0 fully saturated rings. The third kappa shape index (κ3) is 4.33. The minimum Gasteiger partial charge on any atom is -0.309 e. The standard InChI is InChI=1S/C49H35N/c1-49(2)43-20-11-21-45(48(43)42-30-37-17-7-8-18-38(37)31-44(42)49)50(40-26-24-33-13-4-6-16-36(33)29-40)46-27-25-34-14-9-10-19-41(34)47(46)39-23-22-32-12-3-5-15-35(32)28-39/h3-31H,1-2H3. The van der Waals surface area contributed by atoms with Crippen LogP contribution in [-0.2, 0) is 5.41 Å². The van der Waals surface area contributed by atoms with Crippen molar-refractivity contribution in [2.45, 2.75) is 19.3 Å². The maximum absolute atomic E-state index is 2.53. The molecule has 1 aliphatic rings. The average Bonchev–Trinajstić information content (AvgIpc) is 3.39. The lowest BCUT2D eigenvalue weighted by atomic mass is 9.82. The Balaban J connectivity index is 1.32. The number of fused-ring (bicyclic) bond motifs is 7. The predicted molar refractivity (Wildman–Crippen MR) is 214 cm³/mol. The molecular weight excluding hydrogens is 603 g/mol. The fourth-order valence-electron chi connectivity index (χ4n) is 8.46. The summed E-state index contributed by atoms with van der Waals surface area (Å²) in [6.07, 6.45) is 0. The summed E-state index contributed by atoms with van der Waals surface area (Å²) in [7, 11) is 0. The number of rotatable bonds is 4. The van der Waals surface area contributed by atoms with Crippen molar-refractivity contribution in [2.75, 3.05) is 4.90 Å². The van der Waals surface area contributed by atoms with Crippen LogP contribution >= 0.6 is 0 Å². The number of benzene rings is 9. The van der Waals surface area contributed by atoms with Gasteiger partial charge in [0.2, 0.25) is 0 Å². The van der Waals surface area contributed by atoms with Gasteiger partial charge in [0.05, 0.1) is 11.4 Å². The Kier molecular flexibility index (Phi) is 6.29. The van der Waals surface area contributed by atoms with Crippen LogP contribution in [0.4, 0.5) is 17.1 Å². The van der Waals surface area contributed by atoms with Crippen LogP contribution in [0, 0.1) is 0 Å². The third-order valence-electron chi connectivity index (χ3n) is 11.0. The zero-order chi connectivity index (χ0) is 33.4. The zero-order valence-electron chi connectivity index (χ0n) is 28.2. The Morgan fingerprint density at radius 3 is 1.68 bits per heavy atom. The quantitative estimate of drug-likeness (QED) is 0.186. The van der Waals surface area contributed by atoms with Crippen LogP contribution in [0.25, 0.3) is 65.3 Å². The SMILES string of the molecule is CC1(C)c2cc3ccccc3cc2-c2c(N(c3ccc4ccccc4c3)c3ccc4ccccc4c3-c3ccc4ccccc4c3)cccc21. The summed E-state index contributed by atoms with van der Waals surface area (Å²) < 4.78 is 0. The molecule has 0 saturated heterocycles. The Morgan fingerprint density at radius 1 is 0.380 bits per heavy atom. The van der Waals surface area contributed by atoms with Crippen molar-refractivity contribution in [1.82, 2.24) is 0 Å². The molecule has 0 radical (unpaired) electrons. The van der Waals surface area contributed by atoms with Crippen LogP contribution < -0.4 is 4.90 Å². The highest BCUT2D eigenvalue weighted by Gasteiger charge is 2.38. The second kappa shape index (κ2) is 10.9. The summed E-state index contributed by atoms with van der Waals surface area (Å²) in [5.41, 5.74) is 11.2. The van der Waals surface area contributed by atoms with Gasteiger partial charge in [0.25, 0.3) is 0 Å². The molecule has 50 heavy (non-hydrogen) atoms. The first kappa shape index (κ1) is 28.8. The van der Waals surface area contributed by atoms with Crippen LogP contribution in [0.3, 0.4) is 0 Å². The third-order valence-corrected chi connectivity index (χ3v) is 11.0. The molecular formula is C49H35N. The lowest BCUT2D eigenvalue weighted by molar-refractivity contribution is 0.661. The monoisotopic (exact) mass is 637 g/mol. The molecule has 1 aliphatic carbocycles. The summed E-state index contributed by atoms with van der Waals surface area (Å²) in [6.45, 7) is 4.76. The Labute approximate surface area is 292 Å². The van der Waals surface area contributed by atoms with Crippen LogP contribution in [0.15, 0.2) is 176 Å². The van der Waals surface area contributed by atoms with Crippen molar-refractivity contribution < 1.29 is 0 Å². The van der Waals surface area contributed by atoms with E-state index in [1.165, 1.54) is 82.2 Å². The highest BCUT2D eigenvalue weighted by molar-refractivity contribution is 6.09. The number of anilines is 3. The van der Waals surface area contributed by atoms with E-state index in [1.807, 2.05) is 0 Å². The second-order valence-corrected chi connectivity index (χ2v) is 14.2. The summed E-state index contributed by atoms with van der Waals surface area (Å²) in [6, 6.07) is 65.2. The average molecular weight is 638 g/mol. The van der Waals surface area contributed by atoms with Gasteiger partial charge in [0.15, 0.2) is 0 Å². The molecule has 0 atom stereocenters. The first-order valence-corrected chi connectivity index (χ1v) is 17.5. The molecule has 0 heterocycles. The molecule has 0 N–H and O–H groups in total. The van der Waals surface area contributed by atoms with Gasteiger partial charge in [0.1, 0.15) is 0 Å². The summed E-state index contributed by atoms with van der Waals surface area (Å²) in [5.74, 6) is 0. The summed E-state index contributed by atoms with van der Waals surface area (Å²) in [4.78, 5) is 2.53. The van der Waals surface area contributed by atoms with E-state index >= 15 is 0 Å². The van der Waals surface area contributed by atoms with E-state index in [1.54, 1.807) is 0 Å². The maximum Gasteiger partial charge on any atom is 0.0546 e. The molecule has 0 aromatic heterocycles. The van der Waals surface area contributed by atoms with E-state index in [2.05, 4.69) is 195 Å². The van der Waals surface area contributed by atoms with Gasteiger partial charge >= 0.3 is 0 Å². The predicted octanol–water partition coefficient (Wildman–Crippen LogP) is 13.7. The van der Waals surface area contributed by atoms with Gasteiger partial charge in [-0.15, -0.1) is 0 Å². The van der Waals surface area contributed by atoms with Crippen molar-refractivity contribution in [2.24, 2.45) is 0 Å². The topological polar surface area (TPSA) is 3.24 Å². The second-order valence-electron chi connectivity index (χ2n) is 14.2. The van der Waals surface area contributed by atoms with Crippen LogP contribution in [0.1, 0.15) is 25.0 Å². The molecule has 1 heteroatoms. The van der Waals surface area contributed by atoms with Gasteiger partial charge in [-0.1, -0.05) is 147 Å². The molecule has 0 saturated carbocycles.